The number of rotatable bonds is 7. The van der Waals surface area contributed by atoms with Gasteiger partial charge in [0.2, 0.25) is 5.91 Å². The zero-order valence-corrected chi connectivity index (χ0v) is 16.2. The van der Waals surface area contributed by atoms with E-state index in [4.69, 9.17) is 23.2 Å². The summed E-state index contributed by atoms with van der Waals surface area (Å²) in [6.07, 6.45) is 0. The molecule has 2 N–H and O–H groups in total. The molecule has 0 saturated heterocycles. The number of benzene rings is 2. The van der Waals surface area contributed by atoms with Crippen LogP contribution in [-0.2, 0) is 4.79 Å². The highest BCUT2D eigenvalue weighted by molar-refractivity contribution is 6.35. The quantitative estimate of drug-likeness (QED) is 0.726. The molecule has 138 valence electrons. The van der Waals surface area contributed by atoms with E-state index in [1.54, 1.807) is 47.4 Å². The maximum absolute atomic E-state index is 12.4. The molecule has 0 radical (unpaired) electrons. The van der Waals surface area contributed by atoms with Crippen LogP contribution in [0.2, 0.25) is 10.0 Å². The standard InChI is InChI=1S/C19H21Cl2N3O2/c1-3-24(4-2)19(26)13-6-5-7-15(10-13)23-18(25)12-22-17-11-14(20)8-9-16(17)21/h5-11,22H,3-4,12H2,1-2H3,(H,23,25). The first-order valence-electron chi connectivity index (χ1n) is 8.32. The Kier molecular flexibility index (Phi) is 7.30. The first-order chi connectivity index (χ1) is 12.4. The summed E-state index contributed by atoms with van der Waals surface area (Å²) in [5, 5.41) is 6.72. The fourth-order valence-electron chi connectivity index (χ4n) is 2.44. The number of nitrogens with one attached hydrogen (secondary N) is 2. The molecule has 0 aromatic heterocycles. The molecule has 0 aliphatic rings. The normalized spacial score (nSPS) is 10.3. The van der Waals surface area contributed by atoms with Gasteiger partial charge < -0.3 is 15.5 Å². The smallest absolute Gasteiger partial charge is 0.253 e. The van der Waals surface area contributed by atoms with Crippen LogP contribution in [0.5, 0.6) is 0 Å². The third-order valence-electron chi connectivity index (χ3n) is 3.81. The second kappa shape index (κ2) is 9.46. The minimum Gasteiger partial charge on any atom is -0.375 e. The minimum atomic E-state index is -0.256. The molecule has 0 atom stereocenters. The molecule has 0 fully saturated rings. The number of carbonyl (C=O) groups is 2. The monoisotopic (exact) mass is 393 g/mol. The molecule has 5 nitrogen and oxygen atoms in total. The van der Waals surface area contributed by atoms with E-state index in [9.17, 15) is 9.59 Å². The van der Waals surface area contributed by atoms with Gasteiger partial charge in [0, 0.05) is 29.4 Å². The largest absolute Gasteiger partial charge is 0.375 e. The predicted molar refractivity (Wildman–Crippen MR) is 107 cm³/mol. The molecule has 0 saturated carbocycles. The van der Waals surface area contributed by atoms with Crippen molar-refractivity contribution in [2.24, 2.45) is 0 Å². The number of halogens is 2. The molecule has 0 spiro atoms. The van der Waals surface area contributed by atoms with Gasteiger partial charge in [-0.1, -0.05) is 29.3 Å². The van der Waals surface area contributed by atoms with Crippen LogP contribution in [0, 0.1) is 0 Å². The Balaban J connectivity index is 2.00. The Labute approximate surface area is 163 Å². The molecule has 7 heteroatoms. The van der Waals surface area contributed by atoms with Crippen molar-refractivity contribution in [2.75, 3.05) is 30.3 Å². The number of anilines is 2. The van der Waals surface area contributed by atoms with E-state index >= 15 is 0 Å². The fourth-order valence-corrected chi connectivity index (χ4v) is 2.79. The van der Waals surface area contributed by atoms with Gasteiger partial charge in [-0.2, -0.15) is 0 Å². The zero-order valence-electron chi connectivity index (χ0n) is 14.7. The van der Waals surface area contributed by atoms with Crippen LogP contribution in [0.25, 0.3) is 0 Å². The summed E-state index contributed by atoms with van der Waals surface area (Å²) >= 11 is 12.0. The van der Waals surface area contributed by atoms with E-state index in [1.807, 2.05) is 13.8 Å². The van der Waals surface area contributed by atoms with E-state index in [1.165, 1.54) is 0 Å². The summed E-state index contributed by atoms with van der Waals surface area (Å²) in [5.74, 6) is -0.316. The average Bonchev–Trinajstić information content (AvgIpc) is 2.63. The highest BCUT2D eigenvalue weighted by Gasteiger charge is 2.13. The van der Waals surface area contributed by atoms with Crippen LogP contribution in [0.4, 0.5) is 11.4 Å². The summed E-state index contributed by atoms with van der Waals surface area (Å²) < 4.78 is 0. The molecule has 0 bridgehead atoms. The summed E-state index contributed by atoms with van der Waals surface area (Å²) in [7, 11) is 0. The van der Waals surface area contributed by atoms with Crippen molar-refractivity contribution in [2.45, 2.75) is 13.8 Å². The molecular formula is C19H21Cl2N3O2. The Morgan fingerprint density at radius 1 is 1.04 bits per heavy atom. The lowest BCUT2D eigenvalue weighted by molar-refractivity contribution is -0.114. The number of nitrogens with zero attached hydrogens (tertiary/aromatic N) is 1. The van der Waals surface area contributed by atoms with E-state index in [-0.39, 0.29) is 18.4 Å². The Hall–Kier alpha value is -2.24. The van der Waals surface area contributed by atoms with Gasteiger partial charge in [0.25, 0.3) is 5.91 Å². The lowest BCUT2D eigenvalue weighted by Crippen LogP contribution is -2.30. The van der Waals surface area contributed by atoms with Crippen LogP contribution in [0.15, 0.2) is 42.5 Å². The minimum absolute atomic E-state index is 0.0221. The summed E-state index contributed by atoms with van der Waals surface area (Å²) in [6.45, 7) is 5.15. The van der Waals surface area contributed by atoms with Crippen LogP contribution in [0.1, 0.15) is 24.2 Å². The Bertz CT molecular complexity index is 792. The summed E-state index contributed by atoms with van der Waals surface area (Å²) in [4.78, 5) is 26.3. The molecule has 0 aliphatic carbocycles. The van der Waals surface area contributed by atoms with Gasteiger partial charge in [-0.05, 0) is 50.2 Å². The third-order valence-corrected chi connectivity index (χ3v) is 4.38. The van der Waals surface area contributed by atoms with Gasteiger partial charge in [-0.15, -0.1) is 0 Å². The Morgan fingerprint density at radius 2 is 1.77 bits per heavy atom. The summed E-state index contributed by atoms with van der Waals surface area (Å²) in [5.41, 5.74) is 1.68. The van der Waals surface area contributed by atoms with E-state index < -0.39 is 0 Å². The molecule has 2 amide bonds. The maximum Gasteiger partial charge on any atom is 0.253 e. The number of amides is 2. The second-order valence-corrected chi connectivity index (χ2v) is 6.43. The zero-order chi connectivity index (χ0) is 19.1. The summed E-state index contributed by atoms with van der Waals surface area (Å²) in [6, 6.07) is 11.9. The average molecular weight is 394 g/mol. The fraction of sp³-hybridized carbons (Fsp3) is 0.263. The van der Waals surface area contributed by atoms with Crippen molar-refractivity contribution in [3.05, 3.63) is 58.1 Å². The SMILES string of the molecule is CCN(CC)C(=O)c1cccc(NC(=O)CNc2cc(Cl)ccc2Cl)c1. The van der Waals surface area contributed by atoms with Crippen molar-refractivity contribution in [3.63, 3.8) is 0 Å². The molecule has 0 unspecified atom stereocenters. The van der Waals surface area contributed by atoms with Crippen molar-refractivity contribution >= 4 is 46.4 Å². The lowest BCUT2D eigenvalue weighted by atomic mass is 10.1. The topological polar surface area (TPSA) is 61.4 Å². The molecular weight excluding hydrogens is 373 g/mol. The van der Waals surface area contributed by atoms with Gasteiger partial charge in [0.1, 0.15) is 0 Å². The number of hydrogen-bond donors (Lipinski definition) is 2. The van der Waals surface area contributed by atoms with Crippen LogP contribution >= 0.6 is 23.2 Å². The first-order valence-corrected chi connectivity index (χ1v) is 9.08. The maximum atomic E-state index is 12.4. The third kappa shape index (κ3) is 5.38. The van der Waals surface area contributed by atoms with E-state index in [0.29, 0.717) is 40.1 Å². The highest BCUT2D eigenvalue weighted by atomic mass is 35.5. The highest BCUT2D eigenvalue weighted by Crippen LogP contribution is 2.25. The second-order valence-electron chi connectivity index (χ2n) is 5.58. The molecule has 2 aromatic rings. The number of carbonyl (C=O) groups excluding carboxylic acids is 2. The molecule has 0 aliphatic heterocycles. The van der Waals surface area contributed by atoms with Crippen molar-refractivity contribution < 1.29 is 9.59 Å². The van der Waals surface area contributed by atoms with Crippen LogP contribution < -0.4 is 10.6 Å². The lowest BCUT2D eigenvalue weighted by Gasteiger charge is -2.19. The van der Waals surface area contributed by atoms with E-state index in [0.717, 1.165) is 0 Å². The molecule has 26 heavy (non-hydrogen) atoms. The Morgan fingerprint density at radius 3 is 2.46 bits per heavy atom. The van der Waals surface area contributed by atoms with Crippen molar-refractivity contribution in [3.8, 4) is 0 Å². The van der Waals surface area contributed by atoms with Gasteiger partial charge in [-0.3, -0.25) is 9.59 Å². The van der Waals surface area contributed by atoms with Crippen LogP contribution in [-0.4, -0.2) is 36.3 Å². The van der Waals surface area contributed by atoms with Gasteiger partial charge >= 0.3 is 0 Å². The predicted octanol–water partition coefficient (Wildman–Crippen LogP) is 4.53. The van der Waals surface area contributed by atoms with Crippen molar-refractivity contribution in [1.82, 2.24) is 4.90 Å². The molecule has 2 aromatic carbocycles. The number of hydrogen-bond acceptors (Lipinski definition) is 3. The molecule has 2 rings (SSSR count). The first kappa shape index (κ1) is 20.1. The van der Waals surface area contributed by atoms with Gasteiger partial charge in [-0.25, -0.2) is 0 Å². The van der Waals surface area contributed by atoms with E-state index in [2.05, 4.69) is 10.6 Å². The van der Waals surface area contributed by atoms with Gasteiger partial charge in [0.15, 0.2) is 0 Å². The van der Waals surface area contributed by atoms with Crippen molar-refractivity contribution in [1.29, 1.82) is 0 Å². The van der Waals surface area contributed by atoms with Gasteiger partial charge in [0.05, 0.1) is 17.3 Å². The van der Waals surface area contributed by atoms with Crippen LogP contribution in [0.3, 0.4) is 0 Å². The molecule has 0 heterocycles.